The fraction of sp³-hybridized carbons (Fsp3) is 0.682. The van der Waals surface area contributed by atoms with Gasteiger partial charge in [0.2, 0.25) is 0 Å². The van der Waals surface area contributed by atoms with Crippen molar-refractivity contribution in [3.8, 4) is 0 Å². The van der Waals surface area contributed by atoms with Crippen LogP contribution in [0.1, 0.15) is 67.3 Å². The van der Waals surface area contributed by atoms with Gasteiger partial charge in [-0.3, -0.25) is 4.79 Å². The maximum Gasteiger partial charge on any atom is 0.252 e. The molecule has 5 heteroatoms. The molecule has 2 N–H and O–H groups in total. The second-order valence-electron chi connectivity index (χ2n) is 8.39. The SMILES string of the molecule is O=C(NCC12CCCC(CCC1)C2)c1cc(CCCNCCF)ccc1Cl. The van der Waals surface area contributed by atoms with Gasteiger partial charge in [-0.1, -0.05) is 43.4 Å². The van der Waals surface area contributed by atoms with Crippen molar-refractivity contribution in [2.24, 2.45) is 11.3 Å². The van der Waals surface area contributed by atoms with Crippen LogP contribution in [0, 0.1) is 11.3 Å². The van der Waals surface area contributed by atoms with Crippen LogP contribution in [0.5, 0.6) is 0 Å². The monoisotopic (exact) mass is 394 g/mol. The van der Waals surface area contributed by atoms with Crippen LogP contribution in [0.2, 0.25) is 5.02 Å². The molecule has 2 aliphatic carbocycles. The van der Waals surface area contributed by atoms with Crippen molar-refractivity contribution < 1.29 is 9.18 Å². The van der Waals surface area contributed by atoms with Crippen LogP contribution < -0.4 is 10.6 Å². The first-order valence-electron chi connectivity index (χ1n) is 10.5. The Morgan fingerprint density at radius 3 is 2.74 bits per heavy atom. The van der Waals surface area contributed by atoms with Gasteiger partial charge in [0, 0.05) is 13.1 Å². The molecule has 0 heterocycles. The zero-order valence-corrected chi connectivity index (χ0v) is 16.9. The number of alkyl halides is 1. The summed E-state index contributed by atoms with van der Waals surface area (Å²) in [6.07, 6.45) is 10.8. The smallest absolute Gasteiger partial charge is 0.252 e. The predicted molar refractivity (Wildman–Crippen MR) is 109 cm³/mol. The molecule has 1 aromatic rings. The van der Waals surface area contributed by atoms with E-state index in [0.29, 0.717) is 22.5 Å². The van der Waals surface area contributed by atoms with Crippen molar-refractivity contribution >= 4 is 17.5 Å². The summed E-state index contributed by atoms with van der Waals surface area (Å²) in [4.78, 5) is 12.8. The van der Waals surface area contributed by atoms with Gasteiger partial charge in [-0.15, -0.1) is 0 Å². The van der Waals surface area contributed by atoms with E-state index in [1.807, 2.05) is 18.2 Å². The van der Waals surface area contributed by atoms with Crippen LogP contribution in [0.25, 0.3) is 0 Å². The molecule has 3 nitrogen and oxygen atoms in total. The Morgan fingerprint density at radius 1 is 1.22 bits per heavy atom. The zero-order chi connectivity index (χ0) is 19.1. The molecule has 0 saturated heterocycles. The first kappa shape index (κ1) is 20.6. The van der Waals surface area contributed by atoms with E-state index in [4.69, 9.17) is 11.6 Å². The third kappa shape index (κ3) is 5.68. The Bertz CT molecular complexity index is 627. The number of aryl methyl sites for hydroxylation is 1. The molecular formula is C22H32ClFN2O. The lowest BCUT2D eigenvalue weighted by Gasteiger charge is -2.45. The number of carbonyl (C=O) groups excluding carboxylic acids is 1. The average Bonchev–Trinajstić information content (AvgIpc) is 2.67. The van der Waals surface area contributed by atoms with Crippen molar-refractivity contribution in [3.05, 3.63) is 34.3 Å². The fourth-order valence-electron chi connectivity index (χ4n) is 4.94. The predicted octanol–water partition coefficient (Wildman–Crippen LogP) is 4.92. The Morgan fingerprint density at radius 2 is 2.00 bits per heavy atom. The molecular weight excluding hydrogens is 363 g/mol. The highest BCUT2D eigenvalue weighted by Crippen LogP contribution is 2.48. The number of nitrogens with one attached hydrogen (secondary N) is 2. The highest BCUT2D eigenvalue weighted by Gasteiger charge is 2.39. The van der Waals surface area contributed by atoms with Gasteiger partial charge in [-0.25, -0.2) is 4.39 Å². The van der Waals surface area contributed by atoms with Crippen LogP contribution >= 0.6 is 11.6 Å². The molecule has 1 amide bonds. The first-order chi connectivity index (χ1) is 13.1. The molecule has 0 aliphatic heterocycles. The Hall–Kier alpha value is -1.13. The Balaban J connectivity index is 1.55. The minimum Gasteiger partial charge on any atom is -0.351 e. The highest BCUT2D eigenvalue weighted by molar-refractivity contribution is 6.33. The third-order valence-electron chi connectivity index (χ3n) is 6.35. The van der Waals surface area contributed by atoms with E-state index in [1.165, 1.54) is 44.9 Å². The summed E-state index contributed by atoms with van der Waals surface area (Å²) in [5, 5.41) is 6.75. The van der Waals surface area contributed by atoms with E-state index in [1.54, 1.807) is 0 Å². The van der Waals surface area contributed by atoms with Crippen LogP contribution in [0.3, 0.4) is 0 Å². The quantitative estimate of drug-likeness (QED) is 0.583. The van der Waals surface area contributed by atoms with E-state index in [0.717, 1.165) is 37.4 Å². The molecule has 150 valence electrons. The van der Waals surface area contributed by atoms with Gasteiger partial charge in [-0.05, 0) is 67.7 Å². The number of halogens is 2. The fourth-order valence-corrected chi connectivity index (χ4v) is 5.15. The van der Waals surface area contributed by atoms with Gasteiger partial charge < -0.3 is 10.6 Å². The van der Waals surface area contributed by atoms with Crippen LogP contribution in [0.15, 0.2) is 18.2 Å². The van der Waals surface area contributed by atoms with E-state index >= 15 is 0 Å². The Labute approximate surface area is 167 Å². The molecule has 2 aliphatic rings. The molecule has 0 spiro atoms. The van der Waals surface area contributed by atoms with Gasteiger partial charge in [0.05, 0.1) is 10.6 Å². The van der Waals surface area contributed by atoms with E-state index < -0.39 is 0 Å². The number of benzene rings is 1. The molecule has 0 atom stereocenters. The third-order valence-corrected chi connectivity index (χ3v) is 6.68. The zero-order valence-electron chi connectivity index (χ0n) is 16.2. The standard InChI is InChI=1S/C22H32ClFN2O/c23-20-8-7-17(6-3-12-25-13-11-24)14-19(20)21(27)26-16-22-9-1-4-18(15-22)5-2-10-22/h7-8,14,18,25H,1-6,9-13,15-16H2,(H,26,27). The lowest BCUT2D eigenvalue weighted by molar-refractivity contribution is 0.0682. The van der Waals surface area contributed by atoms with E-state index in [-0.39, 0.29) is 12.6 Å². The summed E-state index contributed by atoms with van der Waals surface area (Å²) in [5.41, 5.74) is 1.98. The molecule has 1 aromatic carbocycles. The normalized spacial score (nSPS) is 24.6. The summed E-state index contributed by atoms with van der Waals surface area (Å²) < 4.78 is 12.1. The molecule has 0 radical (unpaired) electrons. The number of fused-ring (bicyclic) bond motifs is 2. The summed E-state index contributed by atoms with van der Waals surface area (Å²) in [5.74, 6) is 0.807. The summed E-state index contributed by atoms with van der Waals surface area (Å²) in [7, 11) is 0. The van der Waals surface area contributed by atoms with Crippen molar-refractivity contribution in [1.29, 1.82) is 0 Å². The van der Waals surface area contributed by atoms with Gasteiger partial charge in [0.25, 0.3) is 5.91 Å². The first-order valence-corrected chi connectivity index (χ1v) is 10.8. The van der Waals surface area contributed by atoms with Crippen molar-refractivity contribution in [2.45, 2.75) is 57.8 Å². The number of rotatable bonds is 9. The minimum absolute atomic E-state index is 0.0560. The summed E-state index contributed by atoms with van der Waals surface area (Å²) >= 11 is 6.30. The van der Waals surface area contributed by atoms with E-state index in [2.05, 4.69) is 10.6 Å². The molecule has 2 bridgehead atoms. The minimum atomic E-state index is -0.340. The van der Waals surface area contributed by atoms with Crippen LogP contribution in [-0.4, -0.2) is 32.2 Å². The molecule has 3 rings (SSSR count). The van der Waals surface area contributed by atoms with Crippen molar-refractivity contribution in [2.75, 3.05) is 26.3 Å². The lowest BCUT2D eigenvalue weighted by Crippen LogP contribution is -2.43. The largest absolute Gasteiger partial charge is 0.351 e. The lowest BCUT2D eigenvalue weighted by atomic mass is 9.62. The average molecular weight is 395 g/mol. The van der Waals surface area contributed by atoms with Crippen LogP contribution in [0.4, 0.5) is 4.39 Å². The van der Waals surface area contributed by atoms with E-state index in [9.17, 15) is 9.18 Å². The van der Waals surface area contributed by atoms with Gasteiger partial charge >= 0.3 is 0 Å². The molecule has 0 unspecified atom stereocenters. The van der Waals surface area contributed by atoms with Crippen molar-refractivity contribution in [1.82, 2.24) is 10.6 Å². The highest BCUT2D eigenvalue weighted by atomic mass is 35.5. The van der Waals surface area contributed by atoms with Crippen molar-refractivity contribution in [3.63, 3.8) is 0 Å². The maximum absolute atomic E-state index is 12.8. The van der Waals surface area contributed by atoms with Crippen LogP contribution in [-0.2, 0) is 6.42 Å². The second-order valence-corrected chi connectivity index (χ2v) is 8.80. The number of hydrogen-bond donors (Lipinski definition) is 2. The molecule has 2 fully saturated rings. The van der Waals surface area contributed by atoms with Gasteiger partial charge in [0.15, 0.2) is 0 Å². The summed E-state index contributed by atoms with van der Waals surface area (Å²) in [6.45, 7) is 1.61. The number of hydrogen-bond acceptors (Lipinski definition) is 2. The topological polar surface area (TPSA) is 41.1 Å². The molecule has 27 heavy (non-hydrogen) atoms. The van der Waals surface area contributed by atoms with Gasteiger partial charge in [0.1, 0.15) is 6.67 Å². The summed E-state index contributed by atoms with van der Waals surface area (Å²) in [6, 6.07) is 5.70. The maximum atomic E-state index is 12.8. The molecule has 2 saturated carbocycles. The molecule has 0 aromatic heterocycles. The van der Waals surface area contributed by atoms with Gasteiger partial charge in [-0.2, -0.15) is 0 Å². The second kappa shape index (κ2) is 9.88. The number of carbonyl (C=O) groups is 1. The number of amides is 1. The Kier molecular flexibility index (Phi) is 7.54.